The van der Waals surface area contributed by atoms with Crippen molar-refractivity contribution in [1.82, 2.24) is 4.90 Å². The highest BCUT2D eigenvalue weighted by Crippen LogP contribution is 2.20. The third-order valence-electron chi connectivity index (χ3n) is 3.64. The van der Waals surface area contributed by atoms with Gasteiger partial charge in [0.15, 0.2) is 0 Å². The molecule has 0 radical (unpaired) electrons. The van der Waals surface area contributed by atoms with Gasteiger partial charge in [-0.05, 0) is 37.9 Å². The van der Waals surface area contributed by atoms with Gasteiger partial charge in [-0.15, -0.1) is 0 Å². The van der Waals surface area contributed by atoms with E-state index in [2.05, 4.69) is 4.90 Å². The van der Waals surface area contributed by atoms with Gasteiger partial charge in [-0.3, -0.25) is 9.69 Å². The number of hydrogen-bond donors (Lipinski definition) is 1. The van der Waals surface area contributed by atoms with E-state index in [0.29, 0.717) is 6.61 Å². The second kappa shape index (κ2) is 6.57. The second-order valence-corrected chi connectivity index (χ2v) is 5.04. The maximum atomic E-state index is 10.8. The van der Waals surface area contributed by atoms with E-state index in [0.717, 1.165) is 37.2 Å². The van der Waals surface area contributed by atoms with Gasteiger partial charge in [-0.1, -0.05) is 18.2 Å². The van der Waals surface area contributed by atoms with Crippen LogP contribution in [0.5, 0.6) is 5.75 Å². The molecule has 4 heteroatoms. The maximum absolute atomic E-state index is 10.8. The predicted molar refractivity (Wildman–Crippen MR) is 73.5 cm³/mol. The average Bonchev–Trinajstić information content (AvgIpc) is 2.78. The molecule has 1 saturated heterocycles. The SMILES string of the molecule is Cc1ccccc1OCCN1CCCC1CC(=O)O. The van der Waals surface area contributed by atoms with Gasteiger partial charge in [0.1, 0.15) is 12.4 Å². The van der Waals surface area contributed by atoms with Gasteiger partial charge in [0.2, 0.25) is 0 Å². The number of aryl methyl sites for hydroxylation is 1. The van der Waals surface area contributed by atoms with E-state index in [9.17, 15) is 4.79 Å². The lowest BCUT2D eigenvalue weighted by atomic mass is 10.1. The summed E-state index contributed by atoms with van der Waals surface area (Å²) in [5.74, 6) is 0.202. The Kier molecular flexibility index (Phi) is 4.80. The predicted octanol–water partition coefficient (Wildman–Crippen LogP) is 2.31. The van der Waals surface area contributed by atoms with Crippen molar-refractivity contribution in [2.24, 2.45) is 0 Å². The summed E-state index contributed by atoms with van der Waals surface area (Å²) in [7, 11) is 0. The molecule has 2 rings (SSSR count). The Morgan fingerprint density at radius 1 is 1.47 bits per heavy atom. The molecule has 1 fully saturated rings. The zero-order valence-electron chi connectivity index (χ0n) is 11.3. The molecule has 0 spiro atoms. The lowest BCUT2D eigenvalue weighted by molar-refractivity contribution is -0.138. The third-order valence-corrected chi connectivity index (χ3v) is 3.64. The summed E-state index contributed by atoms with van der Waals surface area (Å²) >= 11 is 0. The van der Waals surface area contributed by atoms with Gasteiger partial charge in [-0.25, -0.2) is 0 Å². The number of hydrogen-bond acceptors (Lipinski definition) is 3. The standard InChI is InChI=1S/C15H21NO3/c1-12-5-2-3-7-14(12)19-10-9-16-8-4-6-13(16)11-15(17)18/h2-3,5,7,13H,4,6,8-11H2,1H3,(H,17,18). The fourth-order valence-corrected chi connectivity index (χ4v) is 2.61. The van der Waals surface area contributed by atoms with Gasteiger partial charge in [0, 0.05) is 12.6 Å². The van der Waals surface area contributed by atoms with Gasteiger partial charge >= 0.3 is 5.97 Å². The van der Waals surface area contributed by atoms with E-state index in [-0.39, 0.29) is 12.5 Å². The highest BCUT2D eigenvalue weighted by Gasteiger charge is 2.26. The van der Waals surface area contributed by atoms with Crippen molar-refractivity contribution in [1.29, 1.82) is 0 Å². The van der Waals surface area contributed by atoms with Crippen LogP contribution in [0, 0.1) is 6.92 Å². The largest absolute Gasteiger partial charge is 0.492 e. The lowest BCUT2D eigenvalue weighted by Gasteiger charge is -2.23. The number of rotatable bonds is 6. The molecule has 1 aromatic carbocycles. The smallest absolute Gasteiger partial charge is 0.304 e. The van der Waals surface area contributed by atoms with Crippen molar-refractivity contribution < 1.29 is 14.6 Å². The second-order valence-electron chi connectivity index (χ2n) is 5.04. The fourth-order valence-electron chi connectivity index (χ4n) is 2.61. The van der Waals surface area contributed by atoms with Gasteiger partial charge in [0.05, 0.1) is 6.42 Å². The normalized spacial score (nSPS) is 19.5. The molecule has 1 aliphatic rings. The Hall–Kier alpha value is -1.55. The Morgan fingerprint density at radius 2 is 2.26 bits per heavy atom. The Labute approximate surface area is 114 Å². The van der Waals surface area contributed by atoms with Crippen LogP contribution < -0.4 is 4.74 Å². The number of ether oxygens (including phenoxy) is 1. The summed E-state index contributed by atoms with van der Waals surface area (Å²) in [6, 6.07) is 8.13. The number of nitrogens with zero attached hydrogens (tertiary/aromatic N) is 1. The topological polar surface area (TPSA) is 49.8 Å². The highest BCUT2D eigenvalue weighted by atomic mass is 16.5. The van der Waals surface area contributed by atoms with E-state index in [1.807, 2.05) is 31.2 Å². The molecule has 104 valence electrons. The van der Waals surface area contributed by atoms with Crippen molar-refractivity contribution in [3.05, 3.63) is 29.8 Å². The molecule has 4 nitrogen and oxygen atoms in total. The van der Waals surface area contributed by atoms with Crippen LogP contribution in [0.15, 0.2) is 24.3 Å². The Bertz CT molecular complexity index is 433. The zero-order valence-corrected chi connectivity index (χ0v) is 11.3. The first-order chi connectivity index (χ1) is 9.16. The average molecular weight is 263 g/mol. The number of carboxylic acids is 1. The van der Waals surface area contributed by atoms with Crippen LogP contribution in [-0.2, 0) is 4.79 Å². The highest BCUT2D eigenvalue weighted by molar-refractivity contribution is 5.67. The first-order valence-electron chi connectivity index (χ1n) is 6.81. The minimum atomic E-state index is -0.711. The molecule has 19 heavy (non-hydrogen) atoms. The van der Waals surface area contributed by atoms with Crippen LogP contribution in [0.3, 0.4) is 0 Å². The van der Waals surface area contributed by atoms with E-state index < -0.39 is 5.97 Å². The zero-order chi connectivity index (χ0) is 13.7. The number of aliphatic carboxylic acids is 1. The van der Waals surface area contributed by atoms with Gasteiger partial charge in [-0.2, -0.15) is 0 Å². The van der Waals surface area contributed by atoms with Crippen LogP contribution in [0.2, 0.25) is 0 Å². The van der Waals surface area contributed by atoms with Crippen molar-refractivity contribution in [2.45, 2.75) is 32.2 Å². The minimum absolute atomic E-state index is 0.179. The summed E-state index contributed by atoms with van der Waals surface area (Å²) in [6.45, 7) is 4.42. The Morgan fingerprint density at radius 3 is 3.00 bits per heavy atom. The number of carboxylic acid groups (broad SMARTS) is 1. The molecule has 1 aromatic rings. The van der Waals surface area contributed by atoms with Crippen molar-refractivity contribution in [3.8, 4) is 5.75 Å². The number of carbonyl (C=O) groups is 1. The van der Waals surface area contributed by atoms with E-state index in [1.165, 1.54) is 0 Å². The lowest BCUT2D eigenvalue weighted by Crippen LogP contribution is -2.34. The van der Waals surface area contributed by atoms with Gasteiger partial charge in [0.25, 0.3) is 0 Å². The van der Waals surface area contributed by atoms with Crippen molar-refractivity contribution in [3.63, 3.8) is 0 Å². The molecule has 0 saturated carbocycles. The van der Waals surface area contributed by atoms with Gasteiger partial charge < -0.3 is 9.84 Å². The summed E-state index contributed by atoms with van der Waals surface area (Å²) < 4.78 is 5.76. The van der Waals surface area contributed by atoms with E-state index in [4.69, 9.17) is 9.84 Å². The molecule has 0 aliphatic carbocycles. The molecule has 0 amide bonds. The first-order valence-corrected chi connectivity index (χ1v) is 6.81. The first kappa shape index (κ1) is 13.9. The molecular weight excluding hydrogens is 242 g/mol. The minimum Gasteiger partial charge on any atom is -0.492 e. The molecule has 0 bridgehead atoms. The molecule has 0 aromatic heterocycles. The number of likely N-dealkylation sites (tertiary alicyclic amines) is 1. The third kappa shape index (κ3) is 3.96. The van der Waals surface area contributed by atoms with Crippen LogP contribution >= 0.6 is 0 Å². The summed E-state index contributed by atoms with van der Waals surface area (Å²) in [4.78, 5) is 13.0. The molecule has 1 heterocycles. The summed E-state index contributed by atoms with van der Waals surface area (Å²) in [6.07, 6.45) is 2.31. The van der Waals surface area contributed by atoms with Crippen LogP contribution in [-0.4, -0.2) is 41.7 Å². The monoisotopic (exact) mass is 263 g/mol. The maximum Gasteiger partial charge on any atom is 0.304 e. The van der Waals surface area contributed by atoms with E-state index >= 15 is 0 Å². The van der Waals surface area contributed by atoms with Crippen LogP contribution in [0.1, 0.15) is 24.8 Å². The fraction of sp³-hybridized carbons (Fsp3) is 0.533. The number of para-hydroxylation sites is 1. The summed E-state index contributed by atoms with van der Waals surface area (Å²) in [5, 5.41) is 8.87. The molecule has 1 aliphatic heterocycles. The van der Waals surface area contributed by atoms with E-state index in [1.54, 1.807) is 0 Å². The van der Waals surface area contributed by atoms with Crippen molar-refractivity contribution in [2.75, 3.05) is 19.7 Å². The molecular formula is C15H21NO3. The van der Waals surface area contributed by atoms with Crippen LogP contribution in [0.4, 0.5) is 0 Å². The summed E-state index contributed by atoms with van der Waals surface area (Å²) in [5.41, 5.74) is 1.13. The molecule has 1 unspecified atom stereocenters. The molecule has 1 atom stereocenters. The number of benzene rings is 1. The molecule has 1 N–H and O–H groups in total. The van der Waals surface area contributed by atoms with Crippen LogP contribution in [0.25, 0.3) is 0 Å². The van der Waals surface area contributed by atoms with Crippen molar-refractivity contribution >= 4 is 5.97 Å². The Balaban J connectivity index is 1.79. The quantitative estimate of drug-likeness (QED) is 0.855.